The molecule has 406 valence electrons. The van der Waals surface area contributed by atoms with E-state index in [4.69, 9.17) is 61.6 Å². The normalized spacial score (nSPS) is 14.7. The Bertz CT molecular complexity index is 1570. The second-order valence-electron chi connectivity index (χ2n) is 16.4. The van der Waals surface area contributed by atoms with E-state index in [0.29, 0.717) is 172 Å². The summed E-state index contributed by atoms with van der Waals surface area (Å²) in [5.41, 5.74) is 0.378. The van der Waals surface area contributed by atoms with Gasteiger partial charge in [0.1, 0.15) is 6.04 Å². The lowest BCUT2D eigenvalue weighted by molar-refractivity contribution is -0.136. The quantitative estimate of drug-likeness (QED) is 0.0699. The molecule has 2 heterocycles. The zero-order valence-corrected chi connectivity index (χ0v) is 42.3. The molecule has 2 aliphatic rings. The van der Waals surface area contributed by atoms with Crippen LogP contribution in [0.25, 0.3) is 0 Å². The molecule has 1 atom stereocenters. The van der Waals surface area contributed by atoms with E-state index in [9.17, 15) is 24.0 Å². The lowest BCUT2D eigenvalue weighted by Gasteiger charge is -2.27. The lowest BCUT2D eigenvalue weighted by Crippen LogP contribution is -2.54. The highest BCUT2D eigenvalue weighted by Gasteiger charge is 2.45. The van der Waals surface area contributed by atoms with E-state index in [1.165, 1.54) is 31.7 Å². The molecule has 0 aromatic heterocycles. The Labute approximate surface area is 420 Å². The zero-order valence-electron chi connectivity index (χ0n) is 42.3. The fourth-order valence-corrected chi connectivity index (χ4v) is 7.05. The molecule has 71 heavy (non-hydrogen) atoms. The van der Waals surface area contributed by atoms with Crippen molar-refractivity contribution in [3.8, 4) is 0 Å². The topological polar surface area (TPSA) is 233 Å². The Morgan fingerprint density at radius 2 is 0.859 bits per heavy atom. The number of benzene rings is 1. The maximum atomic E-state index is 13.2. The summed E-state index contributed by atoms with van der Waals surface area (Å²) in [5.74, 6) is -2.72. The van der Waals surface area contributed by atoms with E-state index in [1.807, 2.05) is 0 Å². The first-order valence-electron chi connectivity index (χ1n) is 25.6. The standard InChI is InChI=1S/C50H83N3O18/c1-2-3-4-5-8-16-59-18-20-61-22-24-63-26-28-65-30-32-67-34-36-69-38-40-71-41-39-70-37-35-68-33-31-66-29-27-64-25-23-62-21-19-60-17-9-6-7-13-45(54)51-43-12-10-11-42-47(43)50(58)53(49(42)57)44-14-15-46(55)52-48(44)56/h10-12,44H,2-9,13-41H2,1H3,(H,51,54)(H,52,55,56). The van der Waals surface area contributed by atoms with Crippen LogP contribution in [0.1, 0.15) is 98.3 Å². The minimum atomic E-state index is -1.08. The molecule has 2 N–H and O–H groups in total. The number of amides is 5. The van der Waals surface area contributed by atoms with Gasteiger partial charge >= 0.3 is 0 Å². The van der Waals surface area contributed by atoms with Gasteiger partial charge < -0.3 is 66.9 Å². The molecule has 1 fully saturated rings. The average molecular weight is 1010 g/mol. The van der Waals surface area contributed by atoms with Crippen molar-refractivity contribution in [3.63, 3.8) is 0 Å². The predicted octanol–water partition coefficient (Wildman–Crippen LogP) is 3.77. The van der Waals surface area contributed by atoms with Crippen molar-refractivity contribution in [1.29, 1.82) is 0 Å². The summed E-state index contributed by atoms with van der Waals surface area (Å²) in [6, 6.07) is 3.53. The van der Waals surface area contributed by atoms with Crippen LogP contribution in [-0.4, -0.2) is 212 Å². The number of anilines is 1. The number of hydrogen-bond acceptors (Lipinski definition) is 18. The number of piperidine rings is 1. The number of hydrogen-bond donors (Lipinski definition) is 2. The molecule has 21 nitrogen and oxygen atoms in total. The van der Waals surface area contributed by atoms with Crippen molar-refractivity contribution in [2.24, 2.45) is 0 Å². The molecular formula is C50H83N3O18. The minimum absolute atomic E-state index is 0.0263. The summed E-state index contributed by atoms with van der Waals surface area (Å²) < 4.78 is 71.8. The maximum Gasteiger partial charge on any atom is 0.264 e. The van der Waals surface area contributed by atoms with Gasteiger partial charge in [-0.3, -0.25) is 34.2 Å². The number of nitrogens with zero attached hydrogens (tertiary/aromatic N) is 1. The number of carbonyl (C=O) groups excluding carboxylic acids is 5. The number of unbranched alkanes of at least 4 members (excludes halogenated alkanes) is 6. The lowest BCUT2D eigenvalue weighted by atomic mass is 10.0. The number of imide groups is 2. The van der Waals surface area contributed by atoms with Gasteiger partial charge in [0.25, 0.3) is 11.8 Å². The molecule has 1 unspecified atom stereocenters. The van der Waals surface area contributed by atoms with Crippen LogP contribution in [0, 0.1) is 0 Å². The number of carbonyl (C=O) groups is 5. The van der Waals surface area contributed by atoms with Crippen LogP contribution in [0.15, 0.2) is 18.2 Å². The number of nitrogens with one attached hydrogen (secondary N) is 2. The molecule has 2 aliphatic heterocycles. The van der Waals surface area contributed by atoms with Gasteiger partial charge in [0.05, 0.1) is 175 Å². The third-order valence-electron chi connectivity index (χ3n) is 10.8. The van der Waals surface area contributed by atoms with E-state index in [2.05, 4.69) is 17.6 Å². The van der Waals surface area contributed by atoms with Gasteiger partial charge in [0.2, 0.25) is 17.7 Å². The minimum Gasteiger partial charge on any atom is -0.379 e. The van der Waals surface area contributed by atoms with Crippen LogP contribution in [0.4, 0.5) is 5.69 Å². The van der Waals surface area contributed by atoms with Gasteiger partial charge in [-0.25, -0.2) is 0 Å². The Morgan fingerprint density at radius 1 is 0.493 bits per heavy atom. The first-order valence-corrected chi connectivity index (χ1v) is 25.6. The van der Waals surface area contributed by atoms with Gasteiger partial charge in [-0.1, -0.05) is 45.1 Å². The average Bonchev–Trinajstić information content (AvgIpc) is 3.62. The SMILES string of the molecule is CCCCCCCOCCOCCOCCOCCOCCOCCOCCOCCOCCOCCOCCOCCOCCCCCC(=O)Nc1cccc2c1C(=O)N(C1CCC(=O)NC1=O)C2=O. The van der Waals surface area contributed by atoms with Crippen molar-refractivity contribution in [1.82, 2.24) is 10.2 Å². The van der Waals surface area contributed by atoms with Gasteiger partial charge in [-0.15, -0.1) is 0 Å². The number of rotatable bonds is 50. The van der Waals surface area contributed by atoms with E-state index in [1.54, 1.807) is 12.1 Å². The Kier molecular flexibility index (Phi) is 37.3. The van der Waals surface area contributed by atoms with Crippen LogP contribution in [0.5, 0.6) is 0 Å². The molecule has 0 saturated carbocycles. The molecule has 0 radical (unpaired) electrons. The van der Waals surface area contributed by atoms with Gasteiger partial charge in [0.15, 0.2) is 0 Å². The summed E-state index contributed by atoms with van der Waals surface area (Å²) in [6.45, 7) is 15.4. The first-order chi connectivity index (χ1) is 34.9. The van der Waals surface area contributed by atoms with E-state index >= 15 is 0 Å². The van der Waals surface area contributed by atoms with Gasteiger partial charge in [-0.2, -0.15) is 0 Å². The van der Waals surface area contributed by atoms with Crippen molar-refractivity contribution >= 4 is 35.2 Å². The zero-order chi connectivity index (χ0) is 50.7. The van der Waals surface area contributed by atoms with Gasteiger partial charge in [0, 0.05) is 26.1 Å². The Morgan fingerprint density at radius 3 is 1.24 bits per heavy atom. The highest BCUT2D eigenvalue weighted by atomic mass is 16.6. The molecule has 1 aromatic rings. The van der Waals surface area contributed by atoms with Crippen molar-refractivity contribution in [2.75, 3.05) is 177 Å². The van der Waals surface area contributed by atoms with E-state index in [-0.39, 0.29) is 42.0 Å². The molecule has 21 heteroatoms. The van der Waals surface area contributed by atoms with Crippen molar-refractivity contribution < 1.29 is 85.6 Å². The summed E-state index contributed by atoms with van der Waals surface area (Å²) in [5, 5.41) is 4.91. The van der Waals surface area contributed by atoms with Crippen LogP contribution in [-0.2, 0) is 76.0 Å². The number of fused-ring (bicyclic) bond motifs is 1. The van der Waals surface area contributed by atoms with E-state index in [0.717, 1.165) is 30.8 Å². The van der Waals surface area contributed by atoms with Crippen molar-refractivity contribution in [2.45, 2.75) is 83.6 Å². The molecule has 1 saturated heterocycles. The van der Waals surface area contributed by atoms with Crippen LogP contribution >= 0.6 is 0 Å². The molecule has 0 bridgehead atoms. The summed E-state index contributed by atoms with van der Waals surface area (Å²) >= 11 is 0. The van der Waals surface area contributed by atoms with Crippen molar-refractivity contribution in [3.05, 3.63) is 29.3 Å². The monoisotopic (exact) mass is 1010 g/mol. The van der Waals surface area contributed by atoms with Gasteiger partial charge in [-0.05, 0) is 37.8 Å². The third kappa shape index (κ3) is 29.7. The largest absolute Gasteiger partial charge is 0.379 e. The second-order valence-corrected chi connectivity index (χ2v) is 16.4. The summed E-state index contributed by atoms with van der Waals surface area (Å²) in [7, 11) is 0. The smallest absolute Gasteiger partial charge is 0.264 e. The second kappa shape index (κ2) is 42.9. The van der Waals surface area contributed by atoms with Crippen LogP contribution in [0.2, 0.25) is 0 Å². The highest BCUT2D eigenvalue weighted by Crippen LogP contribution is 2.32. The molecule has 3 rings (SSSR count). The Balaban J connectivity index is 0.941. The molecule has 1 aromatic carbocycles. The van der Waals surface area contributed by atoms with E-state index < -0.39 is 29.7 Å². The first kappa shape index (κ1) is 61.7. The molecule has 0 aliphatic carbocycles. The number of ether oxygens (including phenoxy) is 13. The molecule has 5 amide bonds. The Hall–Kier alpha value is -3.55. The third-order valence-corrected chi connectivity index (χ3v) is 10.8. The maximum absolute atomic E-state index is 13.2. The van der Waals surface area contributed by atoms with Crippen LogP contribution < -0.4 is 10.6 Å². The molecular weight excluding hydrogens is 931 g/mol. The molecule has 0 spiro atoms. The summed E-state index contributed by atoms with van der Waals surface area (Å²) in [6.07, 6.45) is 8.66. The van der Waals surface area contributed by atoms with Crippen LogP contribution in [0.3, 0.4) is 0 Å². The fourth-order valence-electron chi connectivity index (χ4n) is 7.05. The predicted molar refractivity (Wildman–Crippen MR) is 260 cm³/mol. The fraction of sp³-hybridized carbons (Fsp3) is 0.780. The highest BCUT2D eigenvalue weighted by molar-refractivity contribution is 6.26. The summed E-state index contributed by atoms with van der Waals surface area (Å²) in [4.78, 5) is 63.7.